The zero-order valence-electron chi connectivity index (χ0n) is 15.9. The van der Waals surface area contributed by atoms with E-state index in [0.29, 0.717) is 35.0 Å². The fourth-order valence-electron chi connectivity index (χ4n) is 2.99. The number of carbonyl (C=O) groups excluding carboxylic acids is 1. The first-order valence-electron chi connectivity index (χ1n) is 8.94. The van der Waals surface area contributed by atoms with Crippen molar-refractivity contribution in [2.45, 2.75) is 33.2 Å². The van der Waals surface area contributed by atoms with E-state index < -0.39 is 5.97 Å². The molecule has 28 heavy (non-hydrogen) atoms. The molecule has 0 aliphatic carbocycles. The van der Waals surface area contributed by atoms with Crippen LogP contribution in [0.25, 0.3) is 11.2 Å². The Kier molecular flexibility index (Phi) is 5.65. The van der Waals surface area contributed by atoms with Crippen LogP contribution in [0.4, 0.5) is 5.69 Å². The Morgan fingerprint density at radius 3 is 2.61 bits per heavy atom. The number of rotatable bonds is 6. The Hall–Kier alpha value is -2.93. The Balaban J connectivity index is 1.94. The number of imidazole rings is 1. The third kappa shape index (κ3) is 3.84. The normalized spacial score (nSPS) is 11.0. The summed E-state index contributed by atoms with van der Waals surface area (Å²) in [5, 5.41) is 9.71. The van der Waals surface area contributed by atoms with Crippen molar-refractivity contribution in [1.82, 2.24) is 14.5 Å². The van der Waals surface area contributed by atoms with Gasteiger partial charge in [-0.05, 0) is 43.2 Å². The van der Waals surface area contributed by atoms with E-state index >= 15 is 0 Å². The zero-order chi connectivity index (χ0) is 20.4. The van der Waals surface area contributed by atoms with Crippen LogP contribution in [0.15, 0.2) is 30.3 Å². The van der Waals surface area contributed by atoms with Gasteiger partial charge in [0.25, 0.3) is 0 Å². The van der Waals surface area contributed by atoms with E-state index in [4.69, 9.17) is 11.6 Å². The number of benzene rings is 1. The number of hydrogen-bond donors (Lipinski definition) is 1. The second-order valence-corrected chi connectivity index (χ2v) is 6.98. The standard InChI is InChI=1S/C20H21ClN4O3/c1-4-5-18(26)24(3)14-7-6-13(15(21)10-14)11-25-12(2)22-16-8-9-17(20(27)28)23-19(16)25/h6-10H,4-5,11H2,1-3H3,(H,27,28). The van der Waals surface area contributed by atoms with Crippen molar-refractivity contribution in [3.05, 3.63) is 52.4 Å². The molecule has 3 aromatic rings. The molecule has 1 N–H and O–H groups in total. The van der Waals surface area contributed by atoms with Gasteiger partial charge in [0.15, 0.2) is 11.3 Å². The molecule has 1 aromatic carbocycles. The van der Waals surface area contributed by atoms with Crippen molar-refractivity contribution in [2.24, 2.45) is 0 Å². The molecule has 7 nitrogen and oxygen atoms in total. The van der Waals surface area contributed by atoms with Gasteiger partial charge in [-0.15, -0.1) is 0 Å². The number of fused-ring (bicyclic) bond motifs is 1. The molecule has 2 heterocycles. The van der Waals surface area contributed by atoms with E-state index in [0.717, 1.165) is 17.7 Å². The molecule has 0 bridgehead atoms. The maximum atomic E-state index is 12.1. The van der Waals surface area contributed by atoms with Gasteiger partial charge < -0.3 is 14.6 Å². The Morgan fingerprint density at radius 1 is 1.21 bits per heavy atom. The highest BCUT2D eigenvalue weighted by atomic mass is 35.5. The summed E-state index contributed by atoms with van der Waals surface area (Å²) < 4.78 is 1.83. The summed E-state index contributed by atoms with van der Waals surface area (Å²) in [4.78, 5) is 33.6. The SMILES string of the molecule is CCCC(=O)N(C)c1ccc(Cn2c(C)nc3ccc(C(=O)O)nc32)c(Cl)c1. The summed E-state index contributed by atoms with van der Waals surface area (Å²) >= 11 is 6.47. The number of carbonyl (C=O) groups is 2. The monoisotopic (exact) mass is 400 g/mol. The quantitative estimate of drug-likeness (QED) is 0.677. The smallest absolute Gasteiger partial charge is 0.354 e. The minimum absolute atomic E-state index is 0.0353. The van der Waals surface area contributed by atoms with Crippen molar-refractivity contribution in [2.75, 3.05) is 11.9 Å². The largest absolute Gasteiger partial charge is 0.477 e. The van der Waals surface area contributed by atoms with E-state index in [2.05, 4.69) is 9.97 Å². The number of halogens is 1. The van der Waals surface area contributed by atoms with E-state index in [1.807, 2.05) is 30.5 Å². The Bertz CT molecular complexity index is 1060. The second-order valence-electron chi connectivity index (χ2n) is 6.57. The fraction of sp³-hybridized carbons (Fsp3) is 0.300. The first-order valence-corrected chi connectivity index (χ1v) is 9.31. The van der Waals surface area contributed by atoms with Crippen LogP contribution in [0.1, 0.15) is 41.6 Å². The van der Waals surface area contributed by atoms with Crippen molar-refractivity contribution in [1.29, 1.82) is 0 Å². The van der Waals surface area contributed by atoms with Crippen LogP contribution in [-0.2, 0) is 11.3 Å². The zero-order valence-corrected chi connectivity index (χ0v) is 16.7. The number of aromatic nitrogens is 3. The molecule has 0 atom stereocenters. The van der Waals surface area contributed by atoms with Crippen molar-refractivity contribution < 1.29 is 14.7 Å². The summed E-state index contributed by atoms with van der Waals surface area (Å²) in [5.74, 6) is -0.344. The number of amides is 1. The summed E-state index contributed by atoms with van der Waals surface area (Å²) in [6.07, 6.45) is 1.26. The molecule has 0 fully saturated rings. The van der Waals surface area contributed by atoms with Gasteiger partial charge >= 0.3 is 5.97 Å². The summed E-state index contributed by atoms with van der Waals surface area (Å²) in [6, 6.07) is 8.55. The minimum atomic E-state index is -1.09. The van der Waals surface area contributed by atoms with Crippen LogP contribution in [0.5, 0.6) is 0 Å². The van der Waals surface area contributed by atoms with Crippen LogP contribution < -0.4 is 4.90 Å². The molecule has 0 radical (unpaired) electrons. The predicted molar refractivity (Wildman–Crippen MR) is 108 cm³/mol. The number of hydrogen-bond acceptors (Lipinski definition) is 4. The van der Waals surface area contributed by atoms with Gasteiger partial charge in [0.05, 0.1) is 6.54 Å². The molecule has 0 unspecified atom stereocenters. The average Bonchev–Trinajstić information content (AvgIpc) is 2.97. The highest BCUT2D eigenvalue weighted by Gasteiger charge is 2.15. The third-order valence-electron chi connectivity index (χ3n) is 4.59. The van der Waals surface area contributed by atoms with Crippen LogP contribution in [-0.4, -0.2) is 38.6 Å². The molecule has 0 spiro atoms. The van der Waals surface area contributed by atoms with Gasteiger partial charge in [-0.1, -0.05) is 24.6 Å². The van der Waals surface area contributed by atoms with Crippen molar-refractivity contribution in [3.8, 4) is 0 Å². The highest BCUT2D eigenvalue weighted by Crippen LogP contribution is 2.26. The summed E-state index contributed by atoms with van der Waals surface area (Å²) in [7, 11) is 1.73. The second kappa shape index (κ2) is 7.98. The lowest BCUT2D eigenvalue weighted by Crippen LogP contribution is -2.25. The number of carboxylic acids is 1. The number of carboxylic acid groups (broad SMARTS) is 1. The number of aromatic carboxylic acids is 1. The van der Waals surface area contributed by atoms with Crippen molar-refractivity contribution in [3.63, 3.8) is 0 Å². The van der Waals surface area contributed by atoms with Crippen LogP contribution >= 0.6 is 11.6 Å². The van der Waals surface area contributed by atoms with E-state index in [1.165, 1.54) is 6.07 Å². The number of pyridine rings is 1. The molecule has 0 aliphatic heterocycles. The number of anilines is 1. The molecular weight excluding hydrogens is 380 g/mol. The number of nitrogens with zero attached hydrogens (tertiary/aromatic N) is 4. The lowest BCUT2D eigenvalue weighted by Gasteiger charge is -2.18. The predicted octanol–water partition coefficient (Wildman–Crippen LogP) is 3.90. The molecule has 8 heteroatoms. The van der Waals surface area contributed by atoms with Crippen LogP contribution in [0.2, 0.25) is 5.02 Å². The third-order valence-corrected chi connectivity index (χ3v) is 4.94. The summed E-state index contributed by atoms with van der Waals surface area (Å²) in [5.41, 5.74) is 2.64. The molecule has 1 amide bonds. The summed E-state index contributed by atoms with van der Waals surface area (Å²) in [6.45, 7) is 4.19. The lowest BCUT2D eigenvalue weighted by atomic mass is 10.1. The van der Waals surface area contributed by atoms with Gasteiger partial charge in [0, 0.05) is 24.2 Å². The molecular formula is C20H21ClN4O3. The molecule has 146 valence electrons. The van der Waals surface area contributed by atoms with Gasteiger partial charge in [-0.2, -0.15) is 0 Å². The maximum Gasteiger partial charge on any atom is 0.354 e. The first-order chi connectivity index (χ1) is 13.3. The lowest BCUT2D eigenvalue weighted by molar-refractivity contribution is -0.118. The highest BCUT2D eigenvalue weighted by molar-refractivity contribution is 6.31. The van der Waals surface area contributed by atoms with Crippen molar-refractivity contribution >= 4 is 40.3 Å². The Labute approximate surface area is 167 Å². The average molecular weight is 401 g/mol. The van der Waals surface area contributed by atoms with Gasteiger partial charge in [-0.25, -0.2) is 14.8 Å². The molecule has 2 aromatic heterocycles. The maximum absolute atomic E-state index is 12.1. The van der Waals surface area contributed by atoms with E-state index in [1.54, 1.807) is 24.1 Å². The molecule has 0 saturated heterocycles. The molecule has 0 saturated carbocycles. The number of aryl methyl sites for hydroxylation is 1. The molecule has 3 rings (SSSR count). The fourth-order valence-corrected chi connectivity index (χ4v) is 3.23. The van der Waals surface area contributed by atoms with E-state index in [9.17, 15) is 14.7 Å². The Morgan fingerprint density at radius 2 is 1.96 bits per heavy atom. The van der Waals surface area contributed by atoms with Crippen LogP contribution in [0.3, 0.4) is 0 Å². The van der Waals surface area contributed by atoms with E-state index in [-0.39, 0.29) is 11.6 Å². The van der Waals surface area contributed by atoms with Gasteiger partial charge in [-0.3, -0.25) is 4.79 Å². The van der Waals surface area contributed by atoms with Gasteiger partial charge in [0.2, 0.25) is 5.91 Å². The molecule has 0 aliphatic rings. The first kappa shape index (κ1) is 19.8. The van der Waals surface area contributed by atoms with Crippen LogP contribution in [0, 0.1) is 6.92 Å². The van der Waals surface area contributed by atoms with Gasteiger partial charge in [0.1, 0.15) is 11.3 Å². The minimum Gasteiger partial charge on any atom is -0.477 e. The topological polar surface area (TPSA) is 88.3 Å².